The summed E-state index contributed by atoms with van der Waals surface area (Å²) in [7, 11) is 0. The second-order valence-corrected chi connectivity index (χ2v) is 4.74. The van der Waals surface area contributed by atoms with Crippen molar-refractivity contribution < 1.29 is 14.7 Å². The number of nitrogens with one attached hydrogen (secondary N) is 2. The van der Waals surface area contributed by atoms with Crippen LogP contribution in [0.2, 0.25) is 0 Å². The van der Waals surface area contributed by atoms with Crippen molar-refractivity contribution in [3.8, 4) is 0 Å². The summed E-state index contributed by atoms with van der Waals surface area (Å²) in [6.45, 7) is 5.84. The number of hydrogen-bond acceptors (Lipinski definition) is 5. The van der Waals surface area contributed by atoms with Crippen molar-refractivity contribution in [1.29, 1.82) is 0 Å². The van der Waals surface area contributed by atoms with Gasteiger partial charge in [0.25, 0.3) is 5.91 Å². The number of carboxylic acids is 1. The fourth-order valence-electron chi connectivity index (χ4n) is 1.54. The molecule has 0 aromatic carbocycles. The van der Waals surface area contributed by atoms with Gasteiger partial charge in [-0.3, -0.25) is 9.59 Å². The average Bonchev–Trinajstić information content (AvgIpc) is 2.27. The number of aromatic nitrogens is 2. The van der Waals surface area contributed by atoms with Crippen molar-refractivity contribution in [2.24, 2.45) is 0 Å². The van der Waals surface area contributed by atoms with Gasteiger partial charge in [-0.2, -0.15) is 0 Å². The van der Waals surface area contributed by atoms with Crippen LogP contribution >= 0.6 is 0 Å². The molecular weight excluding hydrogens is 248 g/mol. The molecule has 0 saturated carbocycles. The Morgan fingerprint density at radius 2 is 2.00 bits per heavy atom. The van der Waals surface area contributed by atoms with Crippen molar-refractivity contribution in [3.63, 3.8) is 0 Å². The Labute approximate surface area is 111 Å². The van der Waals surface area contributed by atoms with Crippen LogP contribution in [0.5, 0.6) is 0 Å². The van der Waals surface area contributed by atoms with E-state index >= 15 is 0 Å². The summed E-state index contributed by atoms with van der Waals surface area (Å²) in [5, 5.41) is 22.0. The van der Waals surface area contributed by atoms with Crippen molar-refractivity contribution >= 4 is 17.7 Å². The van der Waals surface area contributed by atoms with E-state index in [0.29, 0.717) is 12.4 Å². The molecule has 7 heteroatoms. The molecule has 0 aliphatic rings. The summed E-state index contributed by atoms with van der Waals surface area (Å²) in [5.74, 6) is -0.755. The van der Waals surface area contributed by atoms with Crippen LogP contribution in [0.3, 0.4) is 0 Å². The average molecular weight is 266 g/mol. The Morgan fingerprint density at radius 3 is 2.47 bits per heavy atom. The smallest absolute Gasteiger partial charge is 0.305 e. The number of rotatable bonds is 6. The Bertz CT molecular complexity index is 457. The van der Waals surface area contributed by atoms with Gasteiger partial charge in [0, 0.05) is 12.1 Å². The highest BCUT2D eigenvalue weighted by molar-refractivity contribution is 5.92. The summed E-state index contributed by atoms with van der Waals surface area (Å²) in [5.41, 5.74) is -0.420. The first-order valence-electron chi connectivity index (χ1n) is 5.96. The molecule has 19 heavy (non-hydrogen) atoms. The number of aliphatic carboxylic acids is 1. The van der Waals surface area contributed by atoms with Gasteiger partial charge < -0.3 is 15.7 Å². The maximum absolute atomic E-state index is 11.5. The second kappa shape index (κ2) is 6.12. The van der Waals surface area contributed by atoms with Crippen LogP contribution in [0.25, 0.3) is 0 Å². The van der Waals surface area contributed by atoms with Gasteiger partial charge in [0.1, 0.15) is 5.82 Å². The Balaban J connectivity index is 2.71. The van der Waals surface area contributed by atoms with Crippen LogP contribution in [-0.2, 0) is 4.79 Å². The normalized spacial score (nSPS) is 10.9. The van der Waals surface area contributed by atoms with E-state index in [4.69, 9.17) is 5.11 Å². The predicted molar refractivity (Wildman–Crippen MR) is 70.0 cm³/mol. The van der Waals surface area contributed by atoms with Gasteiger partial charge in [-0.15, -0.1) is 10.2 Å². The first kappa shape index (κ1) is 14.9. The van der Waals surface area contributed by atoms with E-state index in [1.807, 2.05) is 6.92 Å². The number of carbonyl (C=O) groups excluding carboxylic acids is 1. The molecule has 3 N–H and O–H groups in total. The summed E-state index contributed by atoms with van der Waals surface area (Å²) in [4.78, 5) is 22.2. The third-order valence-electron chi connectivity index (χ3n) is 2.29. The quantitative estimate of drug-likeness (QED) is 0.706. The zero-order valence-corrected chi connectivity index (χ0v) is 11.2. The number of nitrogens with zero attached hydrogens (tertiary/aromatic N) is 2. The molecule has 0 aliphatic heterocycles. The lowest BCUT2D eigenvalue weighted by molar-refractivity contribution is -0.137. The van der Waals surface area contributed by atoms with E-state index in [2.05, 4.69) is 20.8 Å². The van der Waals surface area contributed by atoms with Crippen molar-refractivity contribution in [2.45, 2.75) is 32.7 Å². The molecule has 104 valence electrons. The zero-order chi connectivity index (χ0) is 14.5. The van der Waals surface area contributed by atoms with Gasteiger partial charge >= 0.3 is 5.97 Å². The molecular formula is C12H18N4O3. The number of carbonyl (C=O) groups is 2. The minimum Gasteiger partial charge on any atom is -0.481 e. The zero-order valence-electron chi connectivity index (χ0n) is 11.2. The molecule has 1 aromatic heterocycles. The molecule has 0 saturated heterocycles. The van der Waals surface area contributed by atoms with Gasteiger partial charge in [-0.1, -0.05) is 0 Å². The number of anilines is 1. The van der Waals surface area contributed by atoms with Crippen molar-refractivity contribution in [3.05, 3.63) is 17.8 Å². The van der Waals surface area contributed by atoms with Crippen LogP contribution in [-0.4, -0.2) is 39.3 Å². The standard InChI is InChI=1S/C12H18N4O3/c1-4-13-11(19)8-5-6-9(16-15-8)14-12(2,3)7-10(17)18/h5-6H,4,7H2,1-3H3,(H,13,19)(H,14,16)(H,17,18). The van der Waals surface area contributed by atoms with Gasteiger partial charge in [0.15, 0.2) is 5.69 Å². The highest BCUT2D eigenvalue weighted by Crippen LogP contribution is 2.15. The lowest BCUT2D eigenvalue weighted by atomic mass is 10.0. The highest BCUT2D eigenvalue weighted by Gasteiger charge is 2.22. The molecule has 0 spiro atoms. The second-order valence-electron chi connectivity index (χ2n) is 4.74. The molecule has 0 unspecified atom stereocenters. The SMILES string of the molecule is CCNC(=O)c1ccc(NC(C)(C)CC(=O)O)nn1. The highest BCUT2D eigenvalue weighted by atomic mass is 16.4. The maximum Gasteiger partial charge on any atom is 0.305 e. The summed E-state index contributed by atoms with van der Waals surface area (Å²) < 4.78 is 0. The molecule has 1 aromatic rings. The van der Waals surface area contributed by atoms with Gasteiger partial charge in [0.05, 0.1) is 6.42 Å². The van der Waals surface area contributed by atoms with Crippen molar-refractivity contribution in [1.82, 2.24) is 15.5 Å². The maximum atomic E-state index is 11.5. The van der Waals surface area contributed by atoms with Gasteiger partial charge in [0.2, 0.25) is 0 Å². The van der Waals surface area contributed by atoms with E-state index < -0.39 is 11.5 Å². The van der Waals surface area contributed by atoms with Crippen LogP contribution in [0.4, 0.5) is 5.82 Å². The Morgan fingerprint density at radius 1 is 1.32 bits per heavy atom. The first-order chi connectivity index (χ1) is 8.84. The van der Waals surface area contributed by atoms with E-state index in [1.54, 1.807) is 19.9 Å². The topological polar surface area (TPSA) is 104 Å². The Hall–Kier alpha value is -2.18. The largest absolute Gasteiger partial charge is 0.481 e. The molecule has 0 aliphatic carbocycles. The van der Waals surface area contributed by atoms with Gasteiger partial charge in [-0.05, 0) is 32.9 Å². The molecule has 0 bridgehead atoms. The lowest BCUT2D eigenvalue weighted by Crippen LogP contribution is -2.34. The first-order valence-corrected chi connectivity index (χ1v) is 5.96. The predicted octanol–water partition coefficient (Wildman–Crippen LogP) is 0.891. The van der Waals surface area contributed by atoms with Crippen LogP contribution in [0.1, 0.15) is 37.7 Å². The van der Waals surface area contributed by atoms with Crippen LogP contribution < -0.4 is 10.6 Å². The van der Waals surface area contributed by atoms with E-state index in [9.17, 15) is 9.59 Å². The molecule has 1 amide bonds. The third kappa shape index (κ3) is 4.90. The van der Waals surface area contributed by atoms with Crippen LogP contribution in [0, 0.1) is 0 Å². The van der Waals surface area contributed by atoms with E-state index in [0.717, 1.165) is 0 Å². The third-order valence-corrected chi connectivity index (χ3v) is 2.29. The Kier molecular flexibility index (Phi) is 4.80. The molecule has 0 atom stereocenters. The fraction of sp³-hybridized carbons (Fsp3) is 0.500. The van der Waals surface area contributed by atoms with E-state index in [-0.39, 0.29) is 18.0 Å². The summed E-state index contributed by atoms with van der Waals surface area (Å²) in [6.07, 6.45) is -0.0489. The van der Waals surface area contributed by atoms with Gasteiger partial charge in [-0.25, -0.2) is 0 Å². The number of carboxylic acid groups (broad SMARTS) is 1. The minimum atomic E-state index is -0.899. The monoisotopic (exact) mass is 266 g/mol. The van der Waals surface area contributed by atoms with Crippen molar-refractivity contribution in [2.75, 3.05) is 11.9 Å². The molecule has 0 radical (unpaired) electrons. The lowest BCUT2D eigenvalue weighted by Gasteiger charge is -2.24. The minimum absolute atomic E-state index is 0.0489. The molecule has 0 fully saturated rings. The summed E-state index contributed by atoms with van der Waals surface area (Å²) in [6, 6.07) is 3.14. The van der Waals surface area contributed by atoms with E-state index in [1.165, 1.54) is 6.07 Å². The number of amides is 1. The summed E-state index contributed by atoms with van der Waals surface area (Å²) >= 11 is 0. The molecule has 7 nitrogen and oxygen atoms in total. The molecule has 1 rings (SSSR count). The fourth-order valence-corrected chi connectivity index (χ4v) is 1.54. The molecule has 1 heterocycles. The van der Waals surface area contributed by atoms with Crippen LogP contribution in [0.15, 0.2) is 12.1 Å². The number of hydrogen-bond donors (Lipinski definition) is 3.